The van der Waals surface area contributed by atoms with Crippen LogP contribution in [0, 0.1) is 17.1 Å². The van der Waals surface area contributed by atoms with Crippen LogP contribution in [0.15, 0.2) is 18.2 Å². The van der Waals surface area contributed by atoms with Crippen LogP contribution in [0.5, 0.6) is 0 Å². The number of piperidine rings is 1. The molecule has 1 aliphatic rings. The summed E-state index contributed by atoms with van der Waals surface area (Å²) >= 11 is 0. The van der Waals surface area contributed by atoms with E-state index in [1.165, 1.54) is 18.2 Å². The number of rotatable bonds is 3. The fourth-order valence-electron chi connectivity index (χ4n) is 2.38. The highest BCUT2D eigenvalue weighted by Crippen LogP contribution is 2.18. The number of carbonyl (C=O) groups excluding carboxylic acids is 1. The Labute approximate surface area is 118 Å². The van der Waals surface area contributed by atoms with Crippen molar-refractivity contribution in [2.45, 2.75) is 32.2 Å². The monoisotopic (exact) mass is 275 g/mol. The number of benzene rings is 1. The number of halogens is 1. The van der Waals surface area contributed by atoms with E-state index in [9.17, 15) is 9.18 Å². The van der Waals surface area contributed by atoms with E-state index in [2.05, 4.69) is 5.32 Å². The highest BCUT2D eigenvalue weighted by molar-refractivity contribution is 5.84. The van der Waals surface area contributed by atoms with Crippen LogP contribution in [0.25, 0.3) is 0 Å². The predicted molar refractivity (Wildman–Crippen MR) is 74.6 cm³/mol. The molecular formula is C15H18FN3O. The first-order valence-corrected chi connectivity index (χ1v) is 6.87. The van der Waals surface area contributed by atoms with Gasteiger partial charge < -0.3 is 10.2 Å². The van der Waals surface area contributed by atoms with E-state index in [0.717, 1.165) is 32.4 Å². The van der Waals surface area contributed by atoms with E-state index >= 15 is 0 Å². The van der Waals surface area contributed by atoms with Crippen LogP contribution in [-0.4, -0.2) is 29.9 Å². The highest BCUT2D eigenvalue weighted by atomic mass is 19.1. The first kappa shape index (κ1) is 14.3. The van der Waals surface area contributed by atoms with E-state index in [4.69, 9.17) is 5.26 Å². The Morgan fingerprint density at radius 1 is 1.40 bits per heavy atom. The lowest BCUT2D eigenvalue weighted by atomic mass is 10.1. The molecule has 1 aliphatic heterocycles. The van der Waals surface area contributed by atoms with Crippen molar-refractivity contribution in [3.63, 3.8) is 0 Å². The standard InChI is InChI=1S/C15H18FN3O/c1-11(15(20)19-7-3-2-4-8-19)18-14-6-5-12(10-17)9-13(14)16/h5-6,9,11,18H,2-4,7-8H2,1H3. The van der Waals surface area contributed by atoms with Gasteiger partial charge in [-0.2, -0.15) is 5.26 Å². The van der Waals surface area contributed by atoms with Gasteiger partial charge in [-0.1, -0.05) is 0 Å². The van der Waals surface area contributed by atoms with Crippen molar-refractivity contribution in [3.8, 4) is 6.07 Å². The summed E-state index contributed by atoms with van der Waals surface area (Å²) in [5.41, 5.74) is 0.518. The fraction of sp³-hybridized carbons (Fsp3) is 0.467. The van der Waals surface area contributed by atoms with Gasteiger partial charge in [0.2, 0.25) is 5.91 Å². The lowest BCUT2D eigenvalue weighted by molar-refractivity contribution is -0.132. The maximum atomic E-state index is 13.8. The van der Waals surface area contributed by atoms with Crippen LogP contribution in [0.1, 0.15) is 31.7 Å². The minimum atomic E-state index is -0.512. The topological polar surface area (TPSA) is 56.1 Å². The number of carbonyl (C=O) groups is 1. The van der Waals surface area contributed by atoms with Gasteiger partial charge in [0.05, 0.1) is 17.3 Å². The molecule has 1 unspecified atom stereocenters. The van der Waals surface area contributed by atoms with E-state index in [-0.39, 0.29) is 17.2 Å². The molecule has 1 fully saturated rings. The summed E-state index contributed by atoms with van der Waals surface area (Å²) in [7, 11) is 0. The predicted octanol–water partition coefficient (Wildman–Crippen LogP) is 2.51. The van der Waals surface area contributed by atoms with Crippen molar-refractivity contribution < 1.29 is 9.18 Å². The minimum absolute atomic E-state index is 0.00606. The summed E-state index contributed by atoms with van der Waals surface area (Å²) in [5.74, 6) is -0.518. The molecule has 1 saturated heterocycles. The lowest BCUT2D eigenvalue weighted by Crippen LogP contribution is -2.44. The second kappa shape index (κ2) is 6.38. The molecule has 4 nitrogen and oxygen atoms in total. The van der Waals surface area contributed by atoms with Crippen LogP contribution in [0.2, 0.25) is 0 Å². The average Bonchev–Trinajstić information content (AvgIpc) is 2.49. The molecule has 1 heterocycles. The highest BCUT2D eigenvalue weighted by Gasteiger charge is 2.22. The molecule has 1 aromatic rings. The smallest absolute Gasteiger partial charge is 0.244 e. The molecule has 0 aromatic heterocycles. The zero-order valence-electron chi connectivity index (χ0n) is 11.5. The zero-order chi connectivity index (χ0) is 14.5. The second-order valence-electron chi connectivity index (χ2n) is 5.06. The Hall–Kier alpha value is -2.09. The molecule has 1 N–H and O–H groups in total. The average molecular weight is 275 g/mol. The maximum Gasteiger partial charge on any atom is 0.244 e. The van der Waals surface area contributed by atoms with Gasteiger partial charge in [0.15, 0.2) is 0 Å². The number of nitriles is 1. The molecule has 1 amide bonds. The second-order valence-corrected chi connectivity index (χ2v) is 5.06. The van der Waals surface area contributed by atoms with Gasteiger partial charge in [-0.05, 0) is 44.4 Å². The van der Waals surface area contributed by atoms with Crippen LogP contribution >= 0.6 is 0 Å². The Morgan fingerprint density at radius 3 is 2.70 bits per heavy atom. The third kappa shape index (κ3) is 3.27. The summed E-state index contributed by atoms with van der Waals surface area (Å²) < 4.78 is 13.8. The van der Waals surface area contributed by atoms with E-state index in [0.29, 0.717) is 0 Å². The van der Waals surface area contributed by atoms with Gasteiger partial charge in [0.25, 0.3) is 0 Å². The largest absolute Gasteiger partial charge is 0.372 e. The van der Waals surface area contributed by atoms with Crippen LogP contribution in [-0.2, 0) is 4.79 Å². The van der Waals surface area contributed by atoms with Crippen molar-refractivity contribution in [2.75, 3.05) is 18.4 Å². The Kier molecular flexibility index (Phi) is 4.57. The number of anilines is 1. The summed E-state index contributed by atoms with van der Waals surface area (Å²) in [6.45, 7) is 3.29. The van der Waals surface area contributed by atoms with Crippen molar-refractivity contribution in [2.24, 2.45) is 0 Å². The van der Waals surface area contributed by atoms with Gasteiger partial charge in [0, 0.05) is 13.1 Å². The molecule has 0 spiro atoms. The number of nitrogens with one attached hydrogen (secondary N) is 1. The third-order valence-electron chi connectivity index (χ3n) is 3.51. The molecule has 0 saturated carbocycles. The van der Waals surface area contributed by atoms with Crippen molar-refractivity contribution >= 4 is 11.6 Å². The molecular weight excluding hydrogens is 257 g/mol. The van der Waals surface area contributed by atoms with Crippen molar-refractivity contribution in [1.29, 1.82) is 5.26 Å². The van der Waals surface area contributed by atoms with Gasteiger partial charge >= 0.3 is 0 Å². The first-order chi connectivity index (χ1) is 9.61. The van der Waals surface area contributed by atoms with Crippen molar-refractivity contribution in [1.82, 2.24) is 4.90 Å². The molecule has 20 heavy (non-hydrogen) atoms. The van der Waals surface area contributed by atoms with Gasteiger partial charge in [-0.3, -0.25) is 4.79 Å². The van der Waals surface area contributed by atoms with E-state index in [1.807, 2.05) is 11.0 Å². The minimum Gasteiger partial charge on any atom is -0.372 e. The number of nitrogens with zero attached hydrogens (tertiary/aromatic N) is 2. The van der Waals surface area contributed by atoms with E-state index in [1.54, 1.807) is 6.92 Å². The SMILES string of the molecule is CC(Nc1ccc(C#N)cc1F)C(=O)N1CCCCC1. The van der Waals surface area contributed by atoms with Crippen LogP contribution in [0.3, 0.4) is 0 Å². The summed E-state index contributed by atoms with van der Waals surface area (Å²) in [6, 6.07) is 5.60. The Bertz CT molecular complexity index is 532. The third-order valence-corrected chi connectivity index (χ3v) is 3.51. The van der Waals surface area contributed by atoms with Crippen LogP contribution < -0.4 is 5.32 Å². The molecule has 1 atom stereocenters. The number of hydrogen-bond donors (Lipinski definition) is 1. The number of hydrogen-bond acceptors (Lipinski definition) is 3. The zero-order valence-corrected chi connectivity index (χ0v) is 11.5. The quantitative estimate of drug-likeness (QED) is 0.922. The Morgan fingerprint density at radius 2 is 2.10 bits per heavy atom. The molecule has 2 rings (SSSR count). The first-order valence-electron chi connectivity index (χ1n) is 6.87. The maximum absolute atomic E-state index is 13.8. The van der Waals surface area contributed by atoms with Crippen molar-refractivity contribution in [3.05, 3.63) is 29.6 Å². The fourth-order valence-corrected chi connectivity index (χ4v) is 2.38. The molecule has 1 aromatic carbocycles. The van der Waals surface area contributed by atoms with Gasteiger partial charge in [-0.25, -0.2) is 4.39 Å². The van der Waals surface area contributed by atoms with Gasteiger partial charge in [-0.15, -0.1) is 0 Å². The summed E-state index contributed by atoms with van der Waals surface area (Å²) in [4.78, 5) is 14.0. The lowest BCUT2D eigenvalue weighted by Gasteiger charge is -2.29. The summed E-state index contributed by atoms with van der Waals surface area (Å²) in [6.07, 6.45) is 3.23. The normalized spacial score (nSPS) is 16.4. The summed E-state index contributed by atoms with van der Waals surface area (Å²) in [5, 5.41) is 11.6. The van der Waals surface area contributed by atoms with E-state index < -0.39 is 11.9 Å². The van der Waals surface area contributed by atoms with Crippen LogP contribution in [0.4, 0.5) is 10.1 Å². The van der Waals surface area contributed by atoms with Gasteiger partial charge in [0.1, 0.15) is 11.9 Å². The molecule has 0 bridgehead atoms. The molecule has 5 heteroatoms. The molecule has 0 aliphatic carbocycles. The number of likely N-dealkylation sites (tertiary alicyclic amines) is 1. The number of amides is 1. The molecule has 0 radical (unpaired) electrons. The Balaban J connectivity index is 2.02. The molecule has 106 valence electrons.